The number of nitrogens with zero attached hydrogens (tertiary/aromatic N) is 1. The molecule has 0 aliphatic carbocycles. The minimum atomic E-state index is -3.88. The number of benzene rings is 2. The monoisotopic (exact) mass is 363 g/mol. The molecule has 0 saturated carbocycles. The van der Waals surface area contributed by atoms with E-state index in [4.69, 9.17) is 4.18 Å². The topological polar surface area (TPSA) is 56.3 Å². The molecule has 0 amide bonds. The van der Waals surface area contributed by atoms with Crippen LogP contribution in [-0.2, 0) is 10.1 Å². The molecule has 6 heteroatoms. The van der Waals surface area contributed by atoms with Crippen LogP contribution in [0.4, 0.5) is 0 Å². The second-order valence-corrected chi connectivity index (χ2v) is 6.78. The Hall–Kier alpha value is -1.92. The molecule has 3 rings (SSSR count). The normalized spacial score (nSPS) is 11.5. The molecular formula is C15H10BrNO3S. The zero-order valence-electron chi connectivity index (χ0n) is 10.7. The van der Waals surface area contributed by atoms with Gasteiger partial charge >= 0.3 is 10.1 Å². The van der Waals surface area contributed by atoms with E-state index in [-0.39, 0.29) is 10.6 Å². The lowest BCUT2D eigenvalue weighted by Gasteiger charge is -2.09. The van der Waals surface area contributed by atoms with Crippen LogP contribution in [0.2, 0.25) is 0 Å². The molecule has 0 bridgehead atoms. The number of pyridine rings is 1. The van der Waals surface area contributed by atoms with Gasteiger partial charge in [0.15, 0.2) is 5.75 Å². The summed E-state index contributed by atoms with van der Waals surface area (Å²) in [5.41, 5.74) is 0.515. The van der Waals surface area contributed by atoms with Crippen molar-refractivity contribution < 1.29 is 12.6 Å². The first-order chi connectivity index (χ1) is 10.1. The van der Waals surface area contributed by atoms with E-state index in [1.54, 1.807) is 36.5 Å². The van der Waals surface area contributed by atoms with Crippen LogP contribution in [0.5, 0.6) is 5.75 Å². The summed E-state index contributed by atoms with van der Waals surface area (Å²) in [6.07, 6.45) is 1.60. The van der Waals surface area contributed by atoms with Crippen LogP contribution in [0.1, 0.15) is 0 Å². The van der Waals surface area contributed by atoms with Gasteiger partial charge in [-0.3, -0.25) is 4.98 Å². The Morgan fingerprint density at radius 3 is 2.43 bits per heavy atom. The molecule has 0 saturated heterocycles. The minimum Gasteiger partial charge on any atom is -0.377 e. The Morgan fingerprint density at radius 2 is 1.67 bits per heavy atom. The molecule has 0 aliphatic rings. The highest BCUT2D eigenvalue weighted by molar-refractivity contribution is 9.10. The second kappa shape index (κ2) is 5.46. The van der Waals surface area contributed by atoms with Crippen molar-refractivity contribution in [3.05, 3.63) is 65.3 Å². The summed E-state index contributed by atoms with van der Waals surface area (Å²) in [4.78, 5) is 4.27. The van der Waals surface area contributed by atoms with E-state index in [2.05, 4.69) is 20.9 Å². The van der Waals surface area contributed by atoms with E-state index in [1.165, 1.54) is 12.1 Å². The Bertz CT molecular complexity index is 887. The standard InChI is InChI=1S/C15H10BrNO3S/c16-12-6-8-13(9-7-12)21(18,19)20-14-5-1-3-11-4-2-10-17-15(11)14/h1-10H. The quantitative estimate of drug-likeness (QED) is 0.664. The van der Waals surface area contributed by atoms with E-state index in [9.17, 15) is 8.42 Å². The summed E-state index contributed by atoms with van der Waals surface area (Å²) in [6.45, 7) is 0. The lowest BCUT2D eigenvalue weighted by Crippen LogP contribution is -2.10. The van der Waals surface area contributed by atoms with E-state index < -0.39 is 10.1 Å². The van der Waals surface area contributed by atoms with Crippen LogP contribution in [-0.4, -0.2) is 13.4 Å². The number of hydrogen-bond donors (Lipinski definition) is 0. The van der Waals surface area contributed by atoms with Crippen molar-refractivity contribution in [2.45, 2.75) is 4.90 Å². The maximum absolute atomic E-state index is 12.3. The molecule has 1 heterocycles. The van der Waals surface area contributed by atoms with Gasteiger partial charge in [-0.15, -0.1) is 0 Å². The third-order valence-electron chi connectivity index (χ3n) is 2.90. The van der Waals surface area contributed by atoms with Crippen molar-refractivity contribution in [3.8, 4) is 5.75 Å². The van der Waals surface area contributed by atoms with Gasteiger partial charge in [-0.05, 0) is 36.4 Å². The van der Waals surface area contributed by atoms with Gasteiger partial charge in [0.25, 0.3) is 0 Å². The average Bonchev–Trinajstić information content (AvgIpc) is 2.48. The van der Waals surface area contributed by atoms with Gasteiger partial charge in [-0.2, -0.15) is 8.42 Å². The number of rotatable bonds is 3. The zero-order chi connectivity index (χ0) is 14.9. The van der Waals surface area contributed by atoms with Crippen molar-refractivity contribution in [3.63, 3.8) is 0 Å². The van der Waals surface area contributed by atoms with E-state index in [0.717, 1.165) is 9.86 Å². The lowest BCUT2D eigenvalue weighted by atomic mass is 10.2. The van der Waals surface area contributed by atoms with Gasteiger partial charge in [0.2, 0.25) is 0 Å². The number of aromatic nitrogens is 1. The Balaban J connectivity index is 2.03. The van der Waals surface area contributed by atoms with Crippen molar-refractivity contribution >= 4 is 37.0 Å². The molecule has 0 unspecified atom stereocenters. The largest absolute Gasteiger partial charge is 0.377 e. The van der Waals surface area contributed by atoms with Crippen molar-refractivity contribution in [1.82, 2.24) is 4.98 Å². The first-order valence-electron chi connectivity index (χ1n) is 6.10. The molecule has 2 aromatic carbocycles. The van der Waals surface area contributed by atoms with Gasteiger partial charge in [0, 0.05) is 16.1 Å². The van der Waals surface area contributed by atoms with Gasteiger partial charge < -0.3 is 4.18 Å². The summed E-state index contributed by atoms with van der Waals surface area (Å²) in [7, 11) is -3.88. The molecule has 0 atom stereocenters. The van der Waals surface area contributed by atoms with Crippen molar-refractivity contribution in [1.29, 1.82) is 0 Å². The number of fused-ring (bicyclic) bond motifs is 1. The predicted octanol–water partition coefficient (Wildman–Crippen LogP) is 3.77. The molecule has 0 radical (unpaired) electrons. The summed E-state index contributed by atoms with van der Waals surface area (Å²) >= 11 is 3.27. The van der Waals surface area contributed by atoms with Crippen LogP contribution in [0.15, 0.2) is 70.2 Å². The Kier molecular flexibility index (Phi) is 3.65. The van der Waals surface area contributed by atoms with Gasteiger partial charge in [0.05, 0.1) is 0 Å². The maximum atomic E-state index is 12.3. The van der Waals surface area contributed by atoms with Crippen LogP contribution in [0.3, 0.4) is 0 Å². The van der Waals surface area contributed by atoms with Crippen molar-refractivity contribution in [2.24, 2.45) is 0 Å². The first kappa shape index (κ1) is 14.0. The van der Waals surface area contributed by atoms with E-state index in [0.29, 0.717) is 5.52 Å². The minimum absolute atomic E-state index is 0.0960. The van der Waals surface area contributed by atoms with Crippen LogP contribution in [0, 0.1) is 0 Å². The number of halogens is 1. The average molecular weight is 364 g/mol. The highest BCUT2D eigenvalue weighted by atomic mass is 79.9. The third kappa shape index (κ3) is 2.91. The van der Waals surface area contributed by atoms with Gasteiger partial charge in [-0.1, -0.05) is 34.1 Å². The Morgan fingerprint density at radius 1 is 0.952 bits per heavy atom. The second-order valence-electron chi connectivity index (χ2n) is 4.32. The molecule has 0 spiro atoms. The fourth-order valence-corrected chi connectivity index (χ4v) is 3.11. The molecular weight excluding hydrogens is 354 g/mol. The Labute approximate surface area is 130 Å². The molecule has 106 valence electrons. The van der Waals surface area contributed by atoms with Gasteiger partial charge in [-0.25, -0.2) is 0 Å². The fraction of sp³-hybridized carbons (Fsp3) is 0. The molecule has 21 heavy (non-hydrogen) atoms. The molecule has 0 N–H and O–H groups in total. The third-order valence-corrected chi connectivity index (χ3v) is 4.67. The SMILES string of the molecule is O=S(=O)(Oc1cccc2cccnc12)c1ccc(Br)cc1. The van der Waals surface area contributed by atoms with Crippen LogP contribution in [0.25, 0.3) is 10.9 Å². The zero-order valence-corrected chi connectivity index (χ0v) is 13.1. The fourth-order valence-electron chi connectivity index (χ4n) is 1.91. The summed E-state index contributed by atoms with van der Waals surface area (Å²) in [5, 5.41) is 0.820. The van der Waals surface area contributed by atoms with Crippen LogP contribution < -0.4 is 4.18 Å². The first-order valence-corrected chi connectivity index (χ1v) is 8.30. The maximum Gasteiger partial charge on any atom is 0.339 e. The number of hydrogen-bond acceptors (Lipinski definition) is 4. The summed E-state index contributed by atoms with van der Waals surface area (Å²) < 4.78 is 30.6. The van der Waals surface area contributed by atoms with Crippen LogP contribution >= 0.6 is 15.9 Å². The smallest absolute Gasteiger partial charge is 0.339 e. The highest BCUT2D eigenvalue weighted by Gasteiger charge is 2.18. The molecule has 3 aromatic rings. The predicted molar refractivity (Wildman–Crippen MR) is 83.7 cm³/mol. The number of para-hydroxylation sites is 1. The lowest BCUT2D eigenvalue weighted by molar-refractivity contribution is 0.488. The molecule has 0 fully saturated rings. The van der Waals surface area contributed by atoms with E-state index >= 15 is 0 Å². The summed E-state index contributed by atoms with van der Waals surface area (Å²) in [5.74, 6) is 0.219. The van der Waals surface area contributed by atoms with Gasteiger partial charge in [0.1, 0.15) is 10.4 Å². The molecule has 4 nitrogen and oxygen atoms in total. The highest BCUT2D eigenvalue weighted by Crippen LogP contribution is 2.26. The van der Waals surface area contributed by atoms with Crippen molar-refractivity contribution in [2.75, 3.05) is 0 Å². The van der Waals surface area contributed by atoms with E-state index in [1.807, 2.05) is 12.1 Å². The molecule has 1 aromatic heterocycles. The molecule has 0 aliphatic heterocycles. The summed E-state index contributed by atoms with van der Waals surface area (Å²) in [6, 6.07) is 15.1.